The van der Waals surface area contributed by atoms with Crippen LogP contribution in [0.25, 0.3) is 0 Å². The summed E-state index contributed by atoms with van der Waals surface area (Å²) in [6.07, 6.45) is 4.53. The third kappa shape index (κ3) is 3.86. The predicted molar refractivity (Wildman–Crippen MR) is 90.0 cm³/mol. The number of benzene rings is 1. The molecule has 0 radical (unpaired) electrons. The van der Waals surface area contributed by atoms with Gasteiger partial charge in [0.15, 0.2) is 5.75 Å². The van der Waals surface area contributed by atoms with Crippen molar-refractivity contribution in [3.63, 3.8) is 0 Å². The summed E-state index contributed by atoms with van der Waals surface area (Å²) in [5.74, 6) is -0.243. The summed E-state index contributed by atoms with van der Waals surface area (Å²) >= 11 is 0. The van der Waals surface area contributed by atoms with Crippen LogP contribution in [0.1, 0.15) is 16.1 Å². The van der Waals surface area contributed by atoms with Crippen molar-refractivity contribution in [1.29, 1.82) is 0 Å². The number of amides is 1. The van der Waals surface area contributed by atoms with Crippen molar-refractivity contribution in [2.24, 2.45) is 0 Å². The molecule has 0 fully saturated rings. The predicted octanol–water partition coefficient (Wildman–Crippen LogP) is 2.60. The molecule has 2 aromatic heterocycles. The molecule has 0 saturated carbocycles. The van der Waals surface area contributed by atoms with Gasteiger partial charge in [-0.3, -0.25) is 14.6 Å². The van der Waals surface area contributed by atoms with Gasteiger partial charge in [0, 0.05) is 30.3 Å². The molecule has 0 bridgehead atoms. The molecule has 6 heteroatoms. The number of carbonyl (C=O) groups excluding carboxylic acids is 1. The Morgan fingerprint density at radius 3 is 2.58 bits per heavy atom. The SMILES string of the molecule is O=C(Nc1ccncc1)c1cc(=O)c(OCc2ccccc2)c[nH]1. The van der Waals surface area contributed by atoms with E-state index in [-0.39, 0.29) is 23.5 Å². The van der Waals surface area contributed by atoms with Crippen LogP contribution in [0.5, 0.6) is 5.75 Å². The average molecular weight is 321 g/mol. The van der Waals surface area contributed by atoms with E-state index in [4.69, 9.17) is 4.74 Å². The molecular formula is C18H15N3O3. The van der Waals surface area contributed by atoms with Gasteiger partial charge in [0.2, 0.25) is 5.43 Å². The Morgan fingerprint density at radius 2 is 1.88 bits per heavy atom. The van der Waals surface area contributed by atoms with E-state index in [1.54, 1.807) is 24.5 Å². The molecule has 2 heterocycles. The van der Waals surface area contributed by atoms with Crippen molar-refractivity contribution in [2.75, 3.05) is 5.32 Å². The number of H-pyrrole nitrogens is 1. The highest BCUT2D eigenvalue weighted by Gasteiger charge is 2.10. The lowest BCUT2D eigenvalue weighted by Crippen LogP contribution is -2.17. The number of aromatic nitrogens is 2. The molecule has 3 aromatic rings. The Bertz CT molecular complexity index is 877. The van der Waals surface area contributed by atoms with Gasteiger partial charge < -0.3 is 15.0 Å². The molecule has 1 amide bonds. The molecule has 0 aliphatic heterocycles. The number of hydrogen-bond acceptors (Lipinski definition) is 4. The van der Waals surface area contributed by atoms with E-state index in [0.29, 0.717) is 5.69 Å². The molecule has 120 valence electrons. The lowest BCUT2D eigenvalue weighted by atomic mass is 10.2. The molecule has 0 saturated heterocycles. The summed E-state index contributed by atoms with van der Waals surface area (Å²) < 4.78 is 5.49. The second kappa shape index (κ2) is 7.23. The second-order valence-electron chi connectivity index (χ2n) is 5.04. The highest BCUT2D eigenvalue weighted by Crippen LogP contribution is 2.09. The Kier molecular flexibility index (Phi) is 4.67. The Labute approximate surface area is 138 Å². The number of pyridine rings is 2. The molecule has 3 rings (SSSR count). The smallest absolute Gasteiger partial charge is 0.272 e. The van der Waals surface area contributed by atoms with E-state index in [1.165, 1.54) is 12.3 Å². The summed E-state index contributed by atoms with van der Waals surface area (Å²) in [5.41, 5.74) is 1.35. The van der Waals surface area contributed by atoms with Crippen LogP contribution in [0.3, 0.4) is 0 Å². The van der Waals surface area contributed by atoms with Crippen molar-refractivity contribution in [3.8, 4) is 5.75 Å². The van der Waals surface area contributed by atoms with Crippen LogP contribution in [-0.2, 0) is 6.61 Å². The first-order valence-corrected chi connectivity index (χ1v) is 7.33. The Morgan fingerprint density at radius 1 is 1.12 bits per heavy atom. The van der Waals surface area contributed by atoms with Crippen molar-refractivity contribution >= 4 is 11.6 Å². The van der Waals surface area contributed by atoms with Gasteiger partial charge in [-0.05, 0) is 17.7 Å². The monoisotopic (exact) mass is 321 g/mol. The summed E-state index contributed by atoms with van der Waals surface area (Å²) in [4.78, 5) is 30.9. The molecule has 0 aliphatic carbocycles. The zero-order valence-electron chi connectivity index (χ0n) is 12.7. The first-order valence-electron chi connectivity index (χ1n) is 7.33. The van der Waals surface area contributed by atoms with E-state index in [9.17, 15) is 9.59 Å². The van der Waals surface area contributed by atoms with Crippen molar-refractivity contribution in [1.82, 2.24) is 9.97 Å². The molecular weight excluding hydrogens is 306 g/mol. The fourth-order valence-corrected chi connectivity index (χ4v) is 2.07. The topological polar surface area (TPSA) is 84.1 Å². The molecule has 0 aliphatic rings. The second-order valence-corrected chi connectivity index (χ2v) is 5.04. The maximum atomic E-state index is 12.1. The summed E-state index contributed by atoms with van der Waals surface area (Å²) in [6, 6.07) is 14.1. The number of anilines is 1. The van der Waals surface area contributed by atoms with Gasteiger partial charge in [-0.1, -0.05) is 30.3 Å². The van der Waals surface area contributed by atoms with Crippen molar-refractivity contribution in [3.05, 3.63) is 88.6 Å². The van der Waals surface area contributed by atoms with Crippen molar-refractivity contribution in [2.45, 2.75) is 6.61 Å². The number of ether oxygens (including phenoxy) is 1. The van der Waals surface area contributed by atoms with Gasteiger partial charge in [0.1, 0.15) is 12.3 Å². The first kappa shape index (κ1) is 15.5. The van der Waals surface area contributed by atoms with Gasteiger partial charge in [0.05, 0.1) is 0 Å². The van der Waals surface area contributed by atoms with Gasteiger partial charge >= 0.3 is 0 Å². The summed E-state index contributed by atoms with van der Waals surface area (Å²) in [5, 5.41) is 2.67. The number of hydrogen-bond donors (Lipinski definition) is 2. The van der Waals surface area contributed by atoms with Gasteiger partial charge in [-0.2, -0.15) is 0 Å². The third-order valence-corrected chi connectivity index (χ3v) is 3.30. The minimum atomic E-state index is -0.409. The van der Waals surface area contributed by atoms with Crippen molar-refractivity contribution < 1.29 is 9.53 Å². The molecule has 2 N–H and O–H groups in total. The van der Waals surface area contributed by atoms with Crippen LogP contribution in [0.2, 0.25) is 0 Å². The van der Waals surface area contributed by atoms with Crippen LogP contribution in [0.15, 0.2) is 71.9 Å². The van der Waals surface area contributed by atoms with Crippen LogP contribution < -0.4 is 15.5 Å². The summed E-state index contributed by atoms with van der Waals surface area (Å²) in [6.45, 7) is 0.284. The fraction of sp³-hybridized carbons (Fsp3) is 0.0556. The Balaban J connectivity index is 1.68. The lowest BCUT2D eigenvalue weighted by Gasteiger charge is -2.07. The van der Waals surface area contributed by atoms with E-state index < -0.39 is 5.91 Å². The average Bonchev–Trinajstić information content (AvgIpc) is 2.62. The highest BCUT2D eigenvalue weighted by atomic mass is 16.5. The van der Waals surface area contributed by atoms with E-state index in [2.05, 4.69) is 15.3 Å². The fourth-order valence-electron chi connectivity index (χ4n) is 2.07. The van der Waals surface area contributed by atoms with Gasteiger partial charge in [-0.25, -0.2) is 0 Å². The molecule has 0 spiro atoms. The minimum absolute atomic E-state index is 0.156. The van der Waals surface area contributed by atoms with Gasteiger partial charge in [0.25, 0.3) is 5.91 Å². The molecule has 0 unspecified atom stereocenters. The molecule has 1 aromatic carbocycles. The lowest BCUT2D eigenvalue weighted by molar-refractivity contribution is 0.102. The minimum Gasteiger partial charge on any atom is -0.483 e. The number of nitrogens with zero attached hydrogens (tertiary/aromatic N) is 1. The van der Waals surface area contributed by atoms with E-state index in [0.717, 1.165) is 5.56 Å². The first-order chi connectivity index (χ1) is 11.7. The number of nitrogens with one attached hydrogen (secondary N) is 2. The number of rotatable bonds is 5. The van der Waals surface area contributed by atoms with Crippen LogP contribution >= 0.6 is 0 Å². The van der Waals surface area contributed by atoms with E-state index in [1.807, 2.05) is 30.3 Å². The van der Waals surface area contributed by atoms with Crippen LogP contribution in [0, 0.1) is 0 Å². The zero-order valence-corrected chi connectivity index (χ0v) is 12.7. The standard InChI is InChI=1S/C18H15N3O3/c22-16-10-15(18(23)21-14-6-8-19-9-7-14)20-11-17(16)24-12-13-4-2-1-3-5-13/h1-11H,12H2,(H,20,22)(H,19,21,23). The normalized spacial score (nSPS) is 10.2. The maximum absolute atomic E-state index is 12.1. The maximum Gasteiger partial charge on any atom is 0.272 e. The molecule has 6 nitrogen and oxygen atoms in total. The largest absolute Gasteiger partial charge is 0.483 e. The third-order valence-electron chi connectivity index (χ3n) is 3.30. The van der Waals surface area contributed by atoms with Crippen LogP contribution in [-0.4, -0.2) is 15.9 Å². The number of carbonyl (C=O) groups is 1. The van der Waals surface area contributed by atoms with Crippen LogP contribution in [0.4, 0.5) is 5.69 Å². The van der Waals surface area contributed by atoms with Gasteiger partial charge in [-0.15, -0.1) is 0 Å². The quantitative estimate of drug-likeness (QED) is 0.756. The zero-order chi connectivity index (χ0) is 16.8. The van der Waals surface area contributed by atoms with E-state index >= 15 is 0 Å². The highest BCUT2D eigenvalue weighted by molar-refractivity contribution is 6.02. The number of aromatic amines is 1. The summed E-state index contributed by atoms with van der Waals surface area (Å²) in [7, 11) is 0. The Hall–Kier alpha value is -3.41. The molecule has 0 atom stereocenters. The molecule has 24 heavy (non-hydrogen) atoms.